The SMILES string of the molecule is CC(c1ccnc(Br)c1)C1(C(C)c2ccnc(Br)c2)NC(=O)N(c2ccc(OC(F)(F)F)cc2)C1=O. The fraction of sp³-hybridized carbons (Fsp3) is 0.250. The van der Waals surface area contributed by atoms with Gasteiger partial charge in [-0.15, -0.1) is 13.2 Å². The Morgan fingerprint density at radius 2 is 1.42 bits per heavy atom. The zero-order valence-electron chi connectivity index (χ0n) is 18.9. The highest BCUT2D eigenvalue weighted by Gasteiger charge is 2.58. The Morgan fingerprint density at radius 3 is 1.86 bits per heavy atom. The zero-order valence-corrected chi connectivity index (χ0v) is 22.1. The van der Waals surface area contributed by atoms with E-state index in [-0.39, 0.29) is 5.69 Å². The maximum atomic E-state index is 14.1. The molecule has 0 radical (unpaired) electrons. The van der Waals surface area contributed by atoms with Crippen LogP contribution in [-0.4, -0.2) is 33.8 Å². The Kier molecular flexibility index (Phi) is 7.11. The summed E-state index contributed by atoms with van der Waals surface area (Å²) in [7, 11) is 0. The molecule has 0 bridgehead atoms. The number of ether oxygens (including phenoxy) is 1. The standard InChI is InChI=1S/C24H19Br2F3N4O3/c1-13(15-7-9-30-19(25)11-15)23(14(2)16-8-10-31-20(26)12-16)21(34)33(22(35)32-23)17-3-5-18(6-4-17)36-24(27,28)29/h3-14H,1-2H3,(H,32,35). The number of hydrogen-bond acceptors (Lipinski definition) is 5. The van der Waals surface area contributed by atoms with Gasteiger partial charge in [-0.05, 0) is 91.5 Å². The number of benzene rings is 1. The lowest BCUT2D eigenvalue weighted by Gasteiger charge is -2.39. The minimum absolute atomic E-state index is 0.111. The van der Waals surface area contributed by atoms with E-state index in [0.29, 0.717) is 9.21 Å². The van der Waals surface area contributed by atoms with Crippen LogP contribution in [0, 0.1) is 0 Å². The van der Waals surface area contributed by atoms with Crippen molar-refractivity contribution in [2.24, 2.45) is 0 Å². The molecule has 3 aromatic rings. The summed E-state index contributed by atoms with van der Waals surface area (Å²) in [4.78, 5) is 36.6. The molecule has 4 rings (SSSR count). The number of hydrogen-bond donors (Lipinski definition) is 1. The molecule has 0 aliphatic carbocycles. The molecule has 2 atom stereocenters. The molecule has 2 aromatic heterocycles. The molecule has 0 saturated carbocycles. The van der Waals surface area contributed by atoms with Gasteiger partial charge in [0.05, 0.1) is 5.69 Å². The van der Waals surface area contributed by atoms with E-state index in [1.807, 2.05) is 13.8 Å². The van der Waals surface area contributed by atoms with Gasteiger partial charge in [-0.3, -0.25) is 4.79 Å². The first-order valence-electron chi connectivity index (χ1n) is 10.7. The normalized spacial score (nSPS) is 19.7. The lowest BCUT2D eigenvalue weighted by molar-refractivity contribution is -0.274. The molecule has 1 saturated heterocycles. The van der Waals surface area contributed by atoms with Crippen LogP contribution in [0.2, 0.25) is 0 Å². The van der Waals surface area contributed by atoms with Gasteiger partial charge in [-0.25, -0.2) is 19.7 Å². The van der Waals surface area contributed by atoms with E-state index in [4.69, 9.17) is 0 Å². The summed E-state index contributed by atoms with van der Waals surface area (Å²) in [5.41, 5.74) is 0.183. The van der Waals surface area contributed by atoms with Crippen molar-refractivity contribution in [2.45, 2.75) is 37.6 Å². The highest BCUT2D eigenvalue weighted by molar-refractivity contribution is 9.10. The van der Waals surface area contributed by atoms with Crippen molar-refractivity contribution in [1.82, 2.24) is 15.3 Å². The van der Waals surface area contributed by atoms with Crippen molar-refractivity contribution in [3.8, 4) is 5.75 Å². The maximum absolute atomic E-state index is 14.1. The number of imide groups is 1. The number of aromatic nitrogens is 2. The number of carbonyl (C=O) groups excluding carboxylic acids is 2. The molecular weight excluding hydrogens is 609 g/mol. The van der Waals surface area contributed by atoms with E-state index in [1.165, 1.54) is 12.1 Å². The van der Waals surface area contributed by atoms with Gasteiger partial charge >= 0.3 is 12.4 Å². The molecule has 3 heterocycles. The molecule has 0 spiro atoms. The van der Waals surface area contributed by atoms with Gasteiger partial charge < -0.3 is 10.1 Å². The van der Waals surface area contributed by atoms with E-state index in [9.17, 15) is 22.8 Å². The molecule has 12 heteroatoms. The second kappa shape index (κ2) is 9.81. The minimum atomic E-state index is -4.86. The van der Waals surface area contributed by atoms with Crippen LogP contribution in [0.5, 0.6) is 5.75 Å². The summed E-state index contributed by atoms with van der Waals surface area (Å²) >= 11 is 6.70. The third-order valence-corrected chi connectivity index (χ3v) is 7.14. The van der Waals surface area contributed by atoms with Crippen LogP contribution < -0.4 is 15.0 Å². The third kappa shape index (κ3) is 4.96. The van der Waals surface area contributed by atoms with Gasteiger partial charge in [-0.1, -0.05) is 13.8 Å². The highest BCUT2D eigenvalue weighted by Crippen LogP contribution is 2.45. The highest BCUT2D eigenvalue weighted by atomic mass is 79.9. The average Bonchev–Trinajstić information content (AvgIpc) is 3.08. The maximum Gasteiger partial charge on any atom is 0.573 e. The Morgan fingerprint density at radius 1 is 0.917 bits per heavy atom. The number of carbonyl (C=O) groups is 2. The van der Waals surface area contributed by atoms with Crippen molar-refractivity contribution >= 4 is 49.5 Å². The Balaban J connectivity index is 1.79. The molecular formula is C24H19Br2F3N4O3. The number of nitrogens with zero attached hydrogens (tertiary/aromatic N) is 3. The second-order valence-electron chi connectivity index (χ2n) is 8.25. The van der Waals surface area contributed by atoms with Crippen LogP contribution in [0.1, 0.15) is 36.8 Å². The van der Waals surface area contributed by atoms with Gasteiger partial charge in [0.2, 0.25) is 0 Å². The smallest absolute Gasteiger partial charge is 0.406 e. The van der Waals surface area contributed by atoms with Gasteiger partial charge in [-0.2, -0.15) is 0 Å². The first-order chi connectivity index (χ1) is 16.9. The molecule has 1 fully saturated rings. The average molecular weight is 628 g/mol. The van der Waals surface area contributed by atoms with Crippen molar-refractivity contribution < 1.29 is 27.5 Å². The molecule has 1 aliphatic heterocycles. The molecule has 188 valence electrons. The van der Waals surface area contributed by atoms with Crippen LogP contribution >= 0.6 is 31.9 Å². The number of amides is 3. The van der Waals surface area contributed by atoms with Crippen LogP contribution in [-0.2, 0) is 4.79 Å². The number of pyridine rings is 2. The summed E-state index contributed by atoms with van der Waals surface area (Å²) in [6.07, 6.45) is -1.68. The molecule has 1 aliphatic rings. The van der Waals surface area contributed by atoms with E-state index in [0.717, 1.165) is 28.2 Å². The number of halogens is 5. The van der Waals surface area contributed by atoms with Gasteiger partial charge in [0.1, 0.15) is 20.5 Å². The van der Waals surface area contributed by atoms with Gasteiger partial charge in [0, 0.05) is 24.2 Å². The van der Waals surface area contributed by atoms with E-state index in [1.54, 1.807) is 36.7 Å². The van der Waals surface area contributed by atoms with E-state index >= 15 is 0 Å². The Labute approximate surface area is 221 Å². The number of urea groups is 1. The predicted molar refractivity (Wildman–Crippen MR) is 133 cm³/mol. The summed E-state index contributed by atoms with van der Waals surface area (Å²) in [6.45, 7) is 3.66. The van der Waals surface area contributed by atoms with Gasteiger partial charge in [0.15, 0.2) is 0 Å². The van der Waals surface area contributed by atoms with Crippen molar-refractivity contribution in [3.05, 3.63) is 81.3 Å². The first-order valence-corrected chi connectivity index (χ1v) is 12.3. The van der Waals surface area contributed by atoms with Crippen molar-refractivity contribution in [3.63, 3.8) is 0 Å². The zero-order chi connectivity index (χ0) is 26.3. The monoisotopic (exact) mass is 626 g/mol. The van der Waals surface area contributed by atoms with Crippen molar-refractivity contribution in [2.75, 3.05) is 4.90 Å². The van der Waals surface area contributed by atoms with Crippen LogP contribution in [0.15, 0.2) is 70.1 Å². The molecule has 2 unspecified atom stereocenters. The van der Waals surface area contributed by atoms with Crippen LogP contribution in [0.3, 0.4) is 0 Å². The minimum Gasteiger partial charge on any atom is -0.406 e. The lowest BCUT2D eigenvalue weighted by Crippen LogP contribution is -2.55. The van der Waals surface area contributed by atoms with E-state index in [2.05, 4.69) is 51.9 Å². The molecule has 1 N–H and O–H groups in total. The Hall–Kier alpha value is -2.99. The second-order valence-corrected chi connectivity index (χ2v) is 9.87. The number of alkyl halides is 3. The Bertz CT molecular complexity index is 1250. The summed E-state index contributed by atoms with van der Waals surface area (Å²) in [6, 6.07) is 10.9. The number of anilines is 1. The molecule has 3 amide bonds. The fourth-order valence-corrected chi connectivity index (χ4v) is 5.22. The van der Waals surface area contributed by atoms with Gasteiger partial charge in [0.25, 0.3) is 5.91 Å². The lowest BCUT2D eigenvalue weighted by atomic mass is 9.70. The largest absolute Gasteiger partial charge is 0.573 e. The topological polar surface area (TPSA) is 84.4 Å². The van der Waals surface area contributed by atoms with Crippen LogP contribution in [0.25, 0.3) is 0 Å². The number of rotatable bonds is 6. The third-order valence-electron chi connectivity index (χ3n) is 6.27. The molecule has 1 aromatic carbocycles. The number of nitrogens with one attached hydrogen (secondary N) is 1. The fourth-order valence-electron chi connectivity index (χ4n) is 4.46. The predicted octanol–water partition coefficient (Wildman–Crippen LogP) is 6.30. The summed E-state index contributed by atoms with van der Waals surface area (Å²) in [5.74, 6) is -2.05. The molecule has 7 nitrogen and oxygen atoms in total. The van der Waals surface area contributed by atoms with Crippen LogP contribution in [0.4, 0.5) is 23.7 Å². The quantitative estimate of drug-likeness (QED) is 0.256. The molecule has 36 heavy (non-hydrogen) atoms. The first kappa shape index (κ1) is 26.1. The summed E-state index contributed by atoms with van der Waals surface area (Å²) in [5, 5.41) is 2.91. The van der Waals surface area contributed by atoms with Crippen molar-refractivity contribution in [1.29, 1.82) is 0 Å². The summed E-state index contributed by atoms with van der Waals surface area (Å²) < 4.78 is 42.7. The van der Waals surface area contributed by atoms with E-state index < -0.39 is 41.4 Å².